The van der Waals surface area contributed by atoms with Crippen molar-refractivity contribution in [1.82, 2.24) is 19.9 Å². The van der Waals surface area contributed by atoms with Gasteiger partial charge in [-0.25, -0.2) is 4.98 Å². The molecular formula is C27H26N6O2S. The SMILES string of the molecule is COCC(=O)Nc1ccc(N2C(=S)NC(c3ccccn3)C2c2cccn2-c2ccccn2)cc1C. The van der Waals surface area contributed by atoms with Crippen molar-refractivity contribution >= 4 is 34.6 Å². The number of hydrogen-bond acceptors (Lipinski definition) is 5. The van der Waals surface area contributed by atoms with Crippen LogP contribution in [0.2, 0.25) is 0 Å². The van der Waals surface area contributed by atoms with Gasteiger partial charge in [0.15, 0.2) is 5.11 Å². The highest BCUT2D eigenvalue weighted by molar-refractivity contribution is 7.80. The third-order valence-corrected chi connectivity index (χ3v) is 6.43. The van der Waals surface area contributed by atoms with Crippen LogP contribution in [0.15, 0.2) is 85.3 Å². The van der Waals surface area contributed by atoms with E-state index in [1.165, 1.54) is 7.11 Å². The van der Waals surface area contributed by atoms with Crippen molar-refractivity contribution in [3.8, 4) is 5.82 Å². The van der Waals surface area contributed by atoms with E-state index < -0.39 is 0 Å². The van der Waals surface area contributed by atoms with Gasteiger partial charge in [0.2, 0.25) is 5.91 Å². The van der Waals surface area contributed by atoms with E-state index in [2.05, 4.69) is 36.1 Å². The average Bonchev–Trinajstić information content (AvgIpc) is 3.51. The lowest BCUT2D eigenvalue weighted by atomic mass is 10.0. The van der Waals surface area contributed by atoms with Gasteiger partial charge in [0.25, 0.3) is 0 Å². The number of anilines is 2. The van der Waals surface area contributed by atoms with Crippen LogP contribution >= 0.6 is 12.2 Å². The van der Waals surface area contributed by atoms with Crippen LogP contribution in [0.25, 0.3) is 5.82 Å². The summed E-state index contributed by atoms with van der Waals surface area (Å²) < 4.78 is 7.01. The molecule has 4 aromatic rings. The van der Waals surface area contributed by atoms with Crippen LogP contribution in [0.4, 0.5) is 11.4 Å². The number of carbonyl (C=O) groups excluding carboxylic acids is 1. The van der Waals surface area contributed by atoms with Crippen molar-refractivity contribution in [2.45, 2.75) is 19.0 Å². The molecule has 0 spiro atoms. The van der Waals surface area contributed by atoms with Crippen LogP contribution in [0.5, 0.6) is 0 Å². The fourth-order valence-corrected chi connectivity index (χ4v) is 4.87. The van der Waals surface area contributed by atoms with E-state index >= 15 is 0 Å². The highest BCUT2D eigenvalue weighted by Crippen LogP contribution is 2.42. The molecule has 1 aliphatic heterocycles. The van der Waals surface area contributed by atoms with Crippen LogP contribution in [0.3, 0.4) is 0 Å². The van der Waals surface area contributed by atoms with E-state index in [9.17, 15) is 4.79 Å². The summed E-state index contributed by atoms with van der Waals surface area (Å²) in [5, 5.41) is 6.98. The van der Waals surface area contributed by atoms with E-state index in [-0.39, 0.29) is 24.6 Å². The predicted octanol–water partition coefficient (Wildman–Crippen LogP) is 4.34. The van der Waals surface area contributed by atoms with E-state index in [0.29, 0.717) is 5.11 Å². The summed E-state index contributed by atoms with van der Waals surface area (Å²) in [5.41, 5.74) is 4.47. The van der Waals surface area contributed by atoms with Crippen LogP contribution in [-0.2, 0) is 9.53 Å². The number of ether oxygens (including phenoxy) is 1. The minimum absolute atomic E-state index is 0.000334. The Bertz CT molecular complexity index is 1380. The van der Waals surface area contributed by atoms with Gasteiger partial charge in [-0.1, -0.05) is 12.1 Å². The number of pyridine rings is 2. The first-order valence-electron chi connectivity index (χ1n) is 11.6. The Labute approximate surface area is 215 Å². The minimum atomic E-state index is -0.201. The van der Waals surface area contributed by atoms with Gasteiger partial charge in [-0.05, 0) is 79.3 Å². The van der Waals surface area contributed by atoms with Crippen molar-refractivity contribution in [1.29, 1.82) is 0 Å². The molecule has 1 amide bonds. The number of rotatable bonds is 7. The first-order valence-corrected chi connectivity index (χ1v) is 12.0. The summed E-state index contributed by atoms with van der Waals surface area (Å²) in [6, 6.07) is 21.3. The van der Waals surface area contributed by atoms with E-state index in [4.69, 9.17) is 17.0 Å². The molecule has 1 aromatic carbocycles. The molecule has 1 aliphatic rings. The Morgan fingerprint density at radius 1 is 1.08 bits per heavy atom. The molecule has 8 nitrogen and oxygen atoms in total. The quantitative estimate of drug-likeness (QED) is 0.367. The average molecular weight is 499 g/mol. The lowest BCUT2D eigenvalue weighted by molar-refractivity contribution is -0.119. The lowest BCUT2D eigenvalue weighted by Gasteiger charge is -2.29. The number of benzene rings is 1. The minimum Gasteiger partial charge on any atom is -0.375 e. The standard InChI is InChI=1S/C27H26N6O2S/c1-18-16-19(11-12-20(18)30-24(34)17-35-2)33-26(25(31-27(33)36)21-8-3-5-13-28-21)22-9-7-15-32(22)23-10-4-6-14-29-23/h3-16,25-26H,17H2,1-2H3,(H,30,34)(H,31,36). The van der Waals surface area contributed by atoms with Crippen LogP contribution in [0.1, 0.15) is 29.0 Å². The second-order valence-corrected chi connectivity index (χ2v) is 8.85. The molecule has 9 heteroatoms. The third-order valence-electron chi connectivity index (χ3n) is 6.12. The highest BCUT2D eigenvalue weighted by Gasteiger charge is 2.42. The fourth-order valence-electron chi connectivity index (χ4n) is 4.53. The largest absolute Gasteiger partial charge is 0.375 e. The third kappa shape index (κ3) is 4.58. The zero-order valence-corrected chi connectivity index (χ0v) is 20.8. The summed E-state index contributed by atoms with van der Waals surface area (Å²) in [4.78, 5) is 23.3. The first kappa shape index (κ1) is 23.7. The molecule has 36 heavy (non-hydrogen) atoms. The smallest absolute Gasteiger partial charge is 0.250 e. The molecule has 0 bridgehead atoms. The molecule has 4 heterocycles. The maximum atomic E-state index is 12.0. The molecule has 0 radical (unpaired) electrons. The van der Waals surface area contributed by atoms with Gasteiger partial charge in [-0.15, -0.1) is 0 Å². The van der Waals surface area contributed by atoms with Crippen LogP contribution in [-0.4, -0.2) is 39.3 Å². The second kappa shape index (κ2) is 10.3. The Balaban J connectivity index is 1.58. The van der Waals surface area contributed by atoms with Crippen molar-refractivity contribution in [3.05, 3.63) is 102 Å². The Kier molecular flexibility index (Phi) is 6.75. The van der Waals surface area contributed by atoms with Crippen LogP contribution < -0.4 is 15.5 Å². The van der Waals surface area contributed by atoms with E-state index in [1.807, 2.05) is 73.8 Å². The Morgan fingerprint density at radius 3 is 2.58 bits per heavy atom. The maximum absolute atomic E-state index is 12.0. The molecule has 5 rings (SSSR count). The fraction of sp³-hybridized carbons (Fsp3) is 0.185. The number of carbonyl (C=O) groups is 1. The highest BCUT2D eigenvalue weighted by atomic mass is 32.1. The van der Waals surface area contributed by atoms with Gasteiger partial charge >= 0.3 is 0 Å². The number of nitrogens with one attached hydrogen (secondary N) is 2. The van der Waals surface area contributed by atoms with Gasteiger partial charge < -0.3 is 24.8 Å². The Morgan fingerprint density at radius 2 is 1.89 bits per heavy atom. The second-order valence-electron chi connectivity index (χ2n) is 8.47. The summed E-state index contributed by atoms with van der Waals surface area (Å²) in [7, 11) is 1.50. The van der Waals surface area contributed by atoms with Crippen molar-refractivity contribution in [3.63, 3.8) is 0 Å². The molecule has 0 aliphatic carbocycles. The molecule has 2 unspecified atom stereocenters. The number of aromatic nitrogens is 3. The molecule has 1 saturated heterocycles. The van der Waals surface area contributed by atoms with Gasteiger partial charge in [0.1, 0.15) is 18.5 Å². The maximum Gasteiger partial charge on any atom is 0.250 e. The summed E-state index contributed by atoms with van der Waals surface area (Å²) in [5.74, 6) is 0.621. The number of amides is 1. The Hall–Kier alpha value is -4.08. The first-order chi connectivity index (χ1) is 17.6. The zero-order valence-electron chi connectivity index (χ0n) is 20.0. The van der Waals surface area contributed by atoms with E-state index in [0.717, 1.165) is 34.1 Å². The molecule has 182 valence electrons. The monoisotopic (exact) mass is 498 g/mol. The zero-order chi connectivity index (χ0) is 25.1. The van der Waals surface area contributed by atoms with Crippen molar-refractivity contribution in [2.75, 3.05) is 23.9 Å². The molecule has 3 aromatic heterocycles. The van der Waals surface area contributed by atoms with Gasteiger partial charge in [0, 0.05) is 42.8 Å². The normalized spacial score (nSPS) is 17.2. The number of methoxy groups -OCH3 is 1. The number of hydrogen-bond donors (Lipinski definition) is 2. The topological polar surface area (TPSA) is 84.3 Å². The molecule has 1 fully saturated rings. The molecule has 2 atom stereocenters. The predicted molar refractivity (Wildman–Crippen MR) is 143 cm³/mol. The summed E-state index contributed by atoms with van der Waals surface area (Å²) in [6.45, 7) is 1.96. The molecule has 2 N–H and O–H groups in total. The number of aryl methyl sites for hydroxylation is 1. The van der Waals surface area contributed by atoms with Crippen LogP contribution in [0, 0.1) is 6.92 Å². The van der Waals surface area contributed by atoms with Gasteiger partial charge in [0.05, 0.1) is 11.7 Å². The summed E-state index contributed by atoms with van der Waals surface area (Å²) >= 11 is 5.87. The molecular weight excluding hydrogens is 472 g/mol. The molecule has 0 saturated carbocycles. The van der Waals surface area contributed by atoms with Gasteiger partial charge in [-0.2, -0.15) is 0 Å². The lowest BCUT2D eigenvalue weighted by Crippen LogP contribution is -2.30. The number of nitrogens with zero attached hydrogens (tertiary/aromatic N) is 4. The van der Waals surface area contributed by atoms with Crippen molar-refractivity contribution in [2.24, 2.45) is 0 Å². The van der Waals surface area contributed by atoms with Gasteiger partial charge in [-0.3, -0.25) is 9.78 Å². The van der Waals surface area contributed by atoms with Crippen molar-refractivity contribution < 1.29 is 9.53 Å². The number of thiocarbonyl (C=S) groups is 1. The van der Waals surface area contributed by atoms with E-state index in [1.54, 1.807) is 12.4 Å². The summed E-state index contributed by atoms with van der Waals surface area (Å²) in [6.07, 6.45) is 5.58.